The zero-order valence-corrected chi connectivity index (χ0v) is 6.09. The summed E-state index contributed by atoms with van der Waals surface area (Å²) in [6.45, 7) is 3.51. The van der Waals surface area contributed by atoms with Gasteiger partial charge in [0, 0.05) is 12.6 Å². The highest BCUT2D eigenvalue weighted by atomic mass is 15.1. The lowest BCUT2D eigenvalue weighted by molar-refractivity contribution is 0.354. The number of nitrogens with zero attached hydrogens (tertiary/aromatic N) is 1. The lowest BCUT2D eigenvalue weighted by atomic mass is 10.3. The van der Waals surface area contributed by atoms with E-state index in [1.165, 1.54) is 0 Å². The molecule has 0 aliphatic rings. The Kier molecular flexibility index (Phi) is 4.12. The first-order valence-electron chi connectivity index (χ1n) is 3.04. The molecule has 2 nitrogen and oxygen atoms in total. The number of likely N-dealkylation sites (N-methyl/N-ethyl adjacent to an activating group) is 1. The third-order valence-corrected chi connectivity index (χ3v) is 0.961. The van der Waals surface area contributed by atoms with Gasteiger partial charge in [-0.25, -0.2) is 0 Å². The van der Waals surface area contributed by atoms with Crippen LogP contribution in [0.25, 0.3) is 0 Å². The minimum atomic E-state index is 0.211. The van der Waals surface area contributed by atoms with Crippen molar-refractivity contribution in [3.63, 3.8) is 0 Å². The second-order valence-corrected chi connectivity index (χ2v) is 2.38. The molecule has 0 aromatic heterocycles. The third-order valence-electron chi connectivity index (χ3n) is 0.961. The van der Waals surface area contributed by atoms with Crippen molar-refractivity contribution in [1.29, 1.82) is 0 Å². The highest BCUT2D eigenvalue weighted by molar-refractivity contribution is 4.87. The first-order chi connectivity index (χ1) is 4.16. The Morgan fingerprint density at radius 3 is 2.67 bits per heavy atom. The zero-order valence-electron chi connectivity index (χ0n) is 6.09. The van der Waals surface area contributed by atoms with E-state index >= 15 is 0 Å². The maximum absolute atomic E-state index is 5.51. The number of terminal acetylenes is 1. The molecule has 0 spiro atoms. The van der Waals surface area contributed by atoms with E-state index in [9.17, 15) is 0 Å². The molecule has 0 heterocycles. The van der Waals surface area contributed by atoms with Crippen molar-refractivity contribution in [3.8, 4) is 12.3 Å². The molecule has 2 N–H and O–H groups in total. The van der Waals surface area contributed by atoms with Gasteiger partial charge >= 0.3 is 0 Å². The minimum Gasteiger partial charge on any atom is -0.327 e. The molecule has 52 valence electrons. The lowest BCUT2D eigenvalue weighted by Crippen LogP contribution is -2.32. The monoisotopic (exact) mass is 126 g/mol. The number of hydrogen-bond donors (Lipinski definition) is 1. The van der Waals surface area contributed by atoms with Gasteiger partial charge < -0.3 is 5.73 Å². The predicted octanol–water partition coefficient (Wildman–Crippen LogP) is -0.101. The summed E-state index contributed by atoms with van der Waals surface area (Å²) in [7, 11) is 1.96. The molecule has 0 bridgehead atoms. The Morgan fingerprint density at radius 2 is 2.33 bits per heavy atom. The van der Waals surface area contributed by atoms with Crippen molar-refractivity contribution >= 4 is 0 Å². The second-order valence-electron chi connectivity index (χ2n) is 2.38. The molecule has 1 atom stereocenters. The van der Waals surface area contributed by atoms with E-state index in [-0.39, 0.29) is 6.04 Å². The van der Waals surface area contributed by atoms with Crippen LogP contribution >= 0.6 is 0 Å². The van der Waals surface area contributed by atoms with E-state index in [4.69, 9.17) is 12.2 Å². The summed E-state index contributed by atoms with van der Waals surface area (Å²) in [5, 5.41) is 0. The maximum Gasteiger partial charge on any atom is 0.0596 e. The molecular formula is C7H14N2. The average molecular weight is 126 g/mol. The van der Waals surface area contributed by atoms with Gasteiger partial charge in [0.1, 0.15) is 0 Å². The second kappa shape index (κ2) is 4.37. The Labute approximate surface area is 57.0 Å². The van der Waals surface area contributed by atoms with Gasteiger partial charge in [-0.05, 0) is 14.0 Å². The summed E-state index contributed by atoms with van der Waals surface area (Å²) in [6, 6.07) is 0.211. The van der Waals surface area contributed by atoms with Crippen molar-refractivity contribution in [1.82, 2.24) is 4.90 Å². The van der Waals surface area contributed by atoms with Crippen LogP contribution in [0.4, 0.5) is 0 Å². The van der Waals surface area contributed by atoms with Crippen molar-refractivity contribution < 1.29 is 0 Å². The summed E-state index contributed by atoms with van der Waals surface area (Å²) in [4.78, 5) is 2.02. The molecule has 0 aromatic carbocycles. The molecule has 0 aromatic rings. The topological polar surface area (TPSA) is 29.3 Å². The largest absolute Gasteiger partial charge is 0.327 e. The van der Waals surface area contributed by atoms with Crippen LogP contribution in [-0.4, -0.2) is 31.1 Å². The van der Waals surface area contributed by atoms with Crippen molar-refractivity contribution in [3.05, 3.63) is 0 Å². The first-order valence-corrected chi connectivity index (χ1v) is 3.04. The van der Waals surface area contributed by atoms with E-state index in [1.54, 1.807) is 0 Å². The van der Waals surface area contributed by atoms with Crippen molar-refractivity contribution in [2.75, 3.05) is 20.1 Å². The van der Waals surface area contributed by atoms with Gasteiger partial charge in [0.25, 0.3) is 0 Å². The van der Waals surface area contributed by atoms with Crippen molar-refractivity contribution in [2.45, 2.75) is 13.0 Å². The van der Waals surface area contributed by atoms with E-state index in [0.717, 1.165) is 6.54 Å². The molecular weight excluding hydrogens is 112 g/mol. The molecule has 0 saturated carbocycles. The summed E-state index contributed by atoms with van der Waals surface area (Å²) >= 11 is 0. The van der Waals surface area contributed by atoms with Gasteiger partial charge in [0.15, 0.2) is 0 Å². The molecule has 0 rings (SSSR count). The average Bonchev–Trinajstić information content (AvgIpc) is 1.63. The van der Waals surface area contributed by atoms with Crippen LogP contribution in [0.1, 0.15) is 6.92 Å². The van der Waals surface area contributed by atoms with Crippen LogP contribution in [0.15, 0.2) is 0 Å². The molecule has 2 heteroatoms. The molecule has 9 heavy (non-hydrogen) atoms. The van der Waals surface area contributed by atoms with Gasteiger partial charge in [0.05, 0.1) is 6.54 Å². The molecule has 0 radical (unpaired) electrons. The molecule has 0 aliphatic carbocycles. The van der Waals surface area contributed by atoms with E-state index in [2.05, 4.69) is 5.92 Å². The summed E-state index contributed by atoms with van der Waals surface area (Å²) in [5.74, 6) is 2.54. The fourth-order valence-corrected chi connectivity index (χ4v) is 0.712. The molecule has 0 aliphatic heterocycles. The number of nitrogens with two attached hydrogens (primary N) is 1. The zero-order chi connectivity index (χ0) is 7.28. The predicted molar refractivity (Wildman–Crippen MR) is 40.0 cm³/mol. The normalized spacial score (nSPS) is 13.2. The standard InChI is InChI=1S/C7H14N2/c1-4-5-9(3)6-7(2)8/h1,7H,5-6,8H2,2-3H3. The van der Waals surface area contributed by atoms with E-state index in [0.29, 0.717) is 6.54 Å². The van der Waals surface area contributed by atoms with Gasteiger partial charge in [0.2, 0.25) is 0 Å². The van der Waals surface area contributed by atoms with Crippen LogP contribution in [0.2, 0.25) is 0 Å². The Morgan fingerprint density at radius 1 is 1.78 bits per heavy atom. The van der Waals surface area contributed by atoms with E-state index < -0.39 is 0 Å². The molecule has 0 saturated heterocycles. The smallest absolute Gasteiger partial charge is 0.0596 e. The van der Waals surface area contributed by atoms with Crippen LogP contribution in [-0.2, 0) is 0 Å². The summed E-state index contributed by atoms with van der Waals surface area (Å²) < 4.78 is 0. The van der Waals surface area contributed by atoms with Gasteiger partial charge in [-0.2, -0.15) is 0 Å². The van der Waals surface area contributed by atoms with Crippen LogP contribution < -0.4 is 5.73 Å². The highest BCUT2D eigenvalue weighted by Crippen LogP contribution is 1.82. The Bertz CT molecular complexity index is 102. The molecule has 0 amide bonds. The maximum atomic E-state index is 5.51. The SMILES string of the molecule is C#CCN(C)CC(C)N. The van der Waals surface area contributed by atoms with Gasteiger partial charge in [-0.15, -0.1) is 6.42 Å². The number of hydrogen-bond acceptors (Lipinski definition) is 2. The Hall–Kier alpha value is -0.520. The van der Waals surface area contributed by atoms with E-state index in [1.807, 2.05) is 18.9 Å². The highest BCUT2D eigenvalue weighted by Gasteiger charge is 1.97. The van der Waals surface area contributed by atoms with Gasteiger partial charge in [-0.3, -0.25) is 4.90 Å². The first kappa shape index (κ1) is 8.48. The lowest BCUT2D eigenvalue weighted by Gasteiger charge is -2.14. The van der Waals surface area contributed by atoms with Gasteiger partial charge in [-0.1, -0.05) is 5.92 Å². The Balaban J connectivity index is 3.29. The van der Waals surface area contributed by atoms with Crippen LogP contribution in [0.5, 0.6) is 0 Å². The fraction of sp³-hybridized carbons (Fsp3) is 0.714. The summed E-state index contributed by atoms with van der Waals surface area (Å²) in [6.07, 6.45) is 5.07. The molecule has 0 fully saturated rings. The third kappa shape index (κ3) is 5.35. The fourth-order valence-electron chi connectivity index (χ4n) is 0.712. The quantitative estimate of drug-likeness (QED) is 0.535. The minimum absolute atomic E-state index is 0.211. The number of rotatable bonds is 3. The van der Waals surface area contributed by atoms with Crippen molar-refractivity contribution in [2.24, 2.45) is 5.73 Å². The summed E-state index contributed by atoms with van der Waals surface area (Å²) in [5.41, 5.74) is 5.51. The van der Waals surface area contributed by atoms with Crippen LogP contribution in [0, 0.1) is 12.3 Å². The van der Waals surface area contributed by atoms with Crippen LogP contribution in [0.3, 0.4) is 0 Å². The molecule has 1 unspecified atom stereocenters.